The van der Waals surface area contributed by atoms with Crippen LogP contribution in [0.15, 0.2) is 0 Å². The molecule has 0 aromatic heterocycles. The molecule has 0 saturated heterocycles. The number of carbonyl (C=O) groups is 2. The summed E-state index contributed by atoms with van der Waals surface area (Å²) in [6.45, 7) is 3.72. The zero-order chi connectivity index (χ0) is 13.1. The molecule has 0 aromatic carbocycles. The van der Waals surface area contributed by atoms with Crippen LogP contribution >= 0.6 is 0 Å². The fourth-order valence-electron chi connectivity index (χ4n) is 2.34. The fraction of sp³-hybridized carbons (Fsp3) is 0.833. The van der Waals surface area contributed by atoms with Gasteiger partial charge in [0.1, 0.15) is 6.04 Å². The first-order chi connectivity index (χ1) is 7.91. The summed E-state index contributed by atoms with van der Waals surface area (Å²) < 4.78 is 0. The Bertz CT molecular complexity index is 306. The molecule has 1 aliphatic rings. The lowest BCUT2D eigenvalue weighted by Gasteiger charge is -2.29. The molecule has 1 amide bonds. The van der Waals surface area contributed by atoms with E-state index in [0.29, 0.717) is 6.42 Å². The first-order valence-corrected chi connectivity index (χ1v) is 6.21. The van der Waals surface area contributed by atoms with Crippen LogP contribution in [0.3, 0.4) is 0 Å². The summed E-state index contributed by atoms with van der Waals surface area (Å²) >= 11 is 0. The van der Waals surface area contributed by atoms with Crippen molar-refractivity contribution in [2.24, 2.45) is 11.1 Å². The number of carboxylic acid groups (broad SMARTS) is 1. The lowest BCUT2D eigenvalue weighted by Crippen LogP contribution is -2.52. The standard InChI is InChI=1S/C12H22N2O3/c1-3-5-8(10(15)16)14-11(17)12(2)7-4-6-9(12)13/h8-9H,3-7,13H2,1-2H3,(H,14,17)(H,15,16)/t8-,9?,12?/m0/s1. The van der Waals surface area contributed by atoms with E-state index in [1.807, 2.05) is 13.8 Å². The Kier molecular flexibility index (Phi) is 4.51. The molecule has 0 aromatic rings. The average molecular weight is 242 g/mol. The minimum atomic E-state index is -0.977. The Labute approximate surface area is 102 Å². The van der Waals surface area contributed by atoms with Crippen LogP contribution in [-0.4, -0.2) is 29.1 Å². The molecule has 0 spiro atoms. The van der Waals surface area contributed by atoms with E-state index in [1.54, 1.807) is 0 Å². The topological polar surface area (TPSA) is 92.4 Å². The SMILES string of the molecule is CCC[C@H](NC(=O)C1(C)CCCC1N)C(=O)O. The number of hydrogen-bond donors (Lipinski definition) is 3. The van der Waals surface area contributed by atoms with Crippen molar-refractivity contribution >= 4 is 11.9 Å². The third kappa shape index (κ3) is 2.97. The molecule has 5 heteroatoms. The number of nitrogens with two attached hydrogens (primary N) is 1. The summed E-state index contributed by atoms with van der Waals surface area (Å²) in [4.78, 5) is 23.1. The maximum atomic E-state index is 12.1. The summed E-state index contributed by atoms with van der Waals surface area (Å²) in [5.41, 5.74) is 5.32. The van der Waals surface area contributed by atoms with Crippen molar-refractivity contribution in [2.75, 3.05) is 0 Å². The van der Waals surface area contributed by atoms with Gasteiger partial charge in [-0.2, -0.15) is 0 Å². The van der Waals surface area contributed by atoms with Gasteiger partial charge in [-0.15, -0.1) is 0 Å². The number of carboxylic acids is 1. The summed E-state index contributed by atoms with van der Waals surface area (Å²) in [5, 5.41) is 11.6. The molecule has 0 radical (unpaired) electrons. The largest absolute Gasteiger partial charge is 0.480 e. The molecule has 3 atom stereocenters. The lowest BCUT2D eigenvalue weighted by molar-refractivity contribution is -0.144. The van der Waals surface area contributed by atoms with Gasteiger partial charge in [-0.25, -0.2) is 4.79 Å². The van der Waals surface area contributed by atoms with Gasteiger partial charge in [-0.1, -0.05) is 19.8 Å². The van der Waals surface area contributed by atoms with Gasteiger partial charge in [0.2, 0.25) is 5.91 Å². The molecule has 1 saturated carbocycles. The van der Waals surface area contributed by atoms with E-state index in [2.05, 4.69) is 5.32 Å². The van der Waals surface area contributed by atoms with Gasteiger partial charge in [0.25, 0.3) is 0 Å². The third-order valence-corrected chi connectivity index (χ3v) is 3.73. The summed E-state index contributed by atoms with van der Waals surface area (Å²) in [6.07, 6.45) is 3.66. The van der Waals surface area contributed by atoms with E-state index >= 15 is 0 Å². The van der Waals surface area contributed by atoms with Crippen LogP contribution in [0.5, 0.6) is 0 Å². The maximum Gasteiger partial charge on any atom is 0.326 e. The Morgan fingerprint density at radius 1 is 1.59 bits per heavy atom. The molecular formula is C12H22N2O3. The van der Waals surface area contributed by atoms with Crippen molar-refractivity contribution in [3.8, 4) is 0 Å². The molecule has 17 heavy (non-hydrogen) atoms. The Balaban J connectivity index is 2.66. The van der Waals surface area contributed by atoms with Gasteiger partial charge >= 0.3 is 5.97 Å². The predicted octanol–water partition coefficient (Wildman–Crippen LogP) is 0.873. The Hall–Kier alpha value is -1.10. The average Bonchev–Trinajstić information content (AvgIpc) is 2.59. The molecule has 0 aliphatic heterocycles. The van der Waals surface area contributed by atoms with Gasteiger partial charge in [-0.05, 0) is 26.2 Å². The highest BCUT2D eigenvalue weighted by Crippen LogP contribution is 2.36. The van der Waals surface area contributed by atoms with Crippen LogP contribution in [0.2, 0.25) is 0 Å². The van der Waals surface area contributed by atoms with Crippen LogP contribution in [0, 0.1) is 5.41 Å². The van der Waals surface area contributed by atoms with Gasteiger partial charge in [-0.3, -0.25) is 4.79 Å². The summed E-state index contributed by atoms with van der Waals surface area (Å²) in [7, 11) is 0. The van der Waals surface area contributed by atoms with Gasteiger partial charge in [0.05, 0.1) is 5.41 Å². The summed E-state index contributed by atoms with van der Waals surface area (Å²) in [5.74, 6) is -1.20. The van der Waals surface area contributed by atoms with Crippen molar-refractivity contribution < 1.29 is 14.7 Å². The minimum Gasteiger partial charge on any atom is -0.480 e. The van der Waals surface area contributed by atoms with E-state index in [1.165, 1.54) is 0 Å². The van der Waals surface area contributed by atoms with Gasteiger partial charge < -0.3 is 16.2 Å². The molecule has 5 nitrogen and oxygen atoms in total. The number of amides is 1. The maximum absolute atomic E-state index is 12.1. The number of nitrogens with one attached hydrogen (secondary N) is 1. The number of carbonyl (C=O) groups excluding carboxylic acids is 1. The van der Waals surface area contributed by atoms with Crippen molar-refractivity contribution in [3.05, 3.63) is 0 Å². The Morgan fingerprint density at radius 3 is 2.65 bits per heavy atom. The highest BCUT2D eigenvalue weighted by Gasteiger charge is 2.43. The quantitative estimate of drug-likeness (QED) is 0.667. The van der Waals surface area contributed by atoms with Crippen LogP contribution in [0.1, 0.15) is 46.0 Å². The van der Waals surface area contributed by atoms with E-state index in [0.717, 1.165) is 25.7 Å². The second kappa shape index (κ2) is 5.49. The zero-order valence-electron chi connectivity index (χ0n) is 10.5. The van der Waals surface area contributed by atoms with E-state index in [4.69, 9.17) is 10.8 Å². The van der Waals surface area contributed by atoms with Gasteiger partial charge in [0.15, 0.2) is 0 Å². The monoisotopic (exact) mass is 242 g/mol. The smallest absolute Gasteiger partial charge is 0.326 e. The Morgan fingerprint density at radius 2 is 2.24 bits per heavy atom. The number of rotatable bonds is 5. The fourth-order valence-corrected chi connectivity index (χ4v) is 2.34. The number of aliphatic carboxylic acids is 1. The zero-order valence-corrected chi connectivity index (χ0v) is 10.5. The molecule has 0 heterocycles. The molecule has 0 bridgehead atoms. The predicted molar refractivity (Wildman–Crippen MR) is 64.4 cm³/mol. The van der Waals surface area contributed by atoms with Crippen molar-refractivity contribution in [1.82, 2.24) is 5.32 Å². The third-order valence-electron chi connectivity index (χ3n) is 3.73. The van der Waals surface area contributed by atoms with Crippen molar-refractivity contribution in [1.29, 1.82) is 0 Å². The minimum absolute atomic E-state index is 0.168. The van der Waals surface area contributed by atoms with Crippen molar-refractivity contribution in [3.63, 3.8) is 0 Å². The molecule has 1 fully saturated rings. The summed E-state index contributed by atoms with van der Waals surface area (Å²) in [6, 6.07) is -0.962. The lowest BCUT2D eigenvalue weighted by atomic mass is 9.84. The number of hydrogen-bond acceptors (Lipinski definition) is 3. The van der Waals surface area contributed by atoms with E-state index < -0.39 is 17.4 Å². The second-order valence-corrected chi connectivity index (χ2v) is 5.07. The molecule has 1 rings (SSSR count). The molecule has 2 unspecified atom stereocenters. The first kappa shape index (κ1) is 14.0. The van der Waals surface area contributed by atoms with Gasteiger partial charge in [0, 0.05) is 6.04 Å². The molecule has 4 N–H and O–H groups in total. The van der Waals surface area contributed by atoms with Crippen molar-refractivity contribution in [2.45, 2.75) is 58.0 Å². The normalized spacial score (nSPS) is 29.9. The molecule has 98 valence electrons. The van der Waals surface area contributed by atoms with E-state index in [-0.39, 0.29) is 11.9 Å². The highest BCUT2D eigenvalue weighted by atomic mass is 16.4. The first-order valence-electron chi connectivity index (χ1n) is 6.21. The molecule has 1 aliphatic carbocycles. The van der Waals surface area contributed by atoms with Crippen LogP contribution in [-0.2, 0) is 9.59 Å². The van der Waals surface area contributed by atoms with Crippen LogP contribution in [0.25, 0.3) is 0 Å². The van der Waals surface area contributed by atoms with Crippen LogP contribution < -0.4 is 11.1 Å². The molecular weight excluding hydrogens is 220 g/mol. The second-order valence-electron chi connectivity index (χ2n) is 5.07. The highest BCUT2D eigenvalue weighted by molar-refractivity contribution is 5.88. The van der Waals surface area contributed by atoms with Crippen LogP contribution in [0.4, 0.5) is 0 Å². The van der Waals surface area contributed by atoms with E-state index in [9.17, 15) is 9.59 Å².